The summed E-state index contributed by atoms with van der Waals surface area (Å²) < 4.78 is 0. The Morgan fingerprint density at radius 3 is 2.39 bits per heavy atom. The summed E-state index contributed by atoms with van der Waals surface area (Å²) in [6.07, 6.45) is 2.95. The van der Waals surface area contributed by atoms with Crippen LogP contribution in [0.1, 0.15) is 27.2 Å². The summed E-state index contributed by atoms with van der Waals surface area (Å²) in [6, 6.07) is 3.79. The summed E-state index contributed by atoms with van der Waals surface area (Å²) in [7, 11) is 0. The summed E-state index contributed by atoms with van der Waals surface area (Å²) in [4.78, 5) is 9.06. The molecule has 0 amide bonds. The van der Waals surface area contributed by atoms with E-state index in [4.69, 9.17) is 5.73 Å². The van der Waals surface area contributed by atoms with Crippen LogP contribution in [0.3, 0.4) is 0 Å². The highest BCUT2D eigenvalue weighted by atomic mass is 15.2. The van der Waals surface area contributed by atoms with Crippen LogP contribution in [0.4, 0.5) is 11.5 Å². The Morgan fingerprint density at radius 1 is 1.11 bits per heavy atom. The molecule has 0 saturated carbocycles. The molecule has 0 fully saturated rings. The van der Waals surface area contributed by atoms with E-state index in [1.165, 1.54) is 0 Å². The number of pyridine rings is 1. The monoisotopic (exact) mass is 250 g/mol. The fraction of sp³-hybridized carbons (Fsp3) is 0.643. The molecular formula is C14H26N4. The van der Waals surface area contributed by atoms with Crippen LogP contribution in [-0.4, -0.2) is 42.6 Å². The van der Waals surface area contributed by atoms with Gasteiger partial charge in [0.1, 0.15) is 0 Å². The van der Waals surface area contributed by atoms with E-state index >= 15 is 0 Å². The molecule has 0 atom stereocenters. The Balaban J connectivity index is 2.50. The van der Waals surface area contributed by atoms with Crippen LogP contribution < -0.4 is 10.6 Å². The minimum absolute atomic E-state index is 0.766. The second-order valence-corrected chi connectivity index (χ2v) is 4.38. The molecule has 0 bridgehead atoms. The van der Waals surface area contributed by atoms with Crippen LogP contribution in [0.2, 0.25) is 0 Å². The van der Waals surface area contributed by atoms with Crippen LogP contribution in [0, 0.1) is 0 Å². The van der Waals surface area contributed by atoms with Crippen molar-refractivity contribution < 1.29 is 0 Å². The summed E-state index contributed by atoms with van der Waals surface area (Å²) >= 11 is 0. The fourth-order valence-electron chi connectivity index (χ4n) is 2.11. The highest BCUT2D eigenvalue weighted by Crippen LogP contribution is 2.18. The van der Waals surface area contributed by atoms with Crippen molar-refractivity contribution in [3.63, 3.8) is 0 Å². The van der Waals surface area contributed by atoms with Gasteiger partial charge in [-0.1, -0.05) is 13.8 Å². The largest absolute Gasteiger partial charge is 0.396 e. The first kappa shape index (κ1) is 14.8. The van der Waals surface area contributed by atoms with Gasteiger partial charge in [-0.2, -0.15) is 0 Å². The highest BCUT2D eigenvalue weighted by molar-refractivity contribution is 5.61. The molecule has 18 heavy (non-hydrogen) atoms. The third-order valence-corrected chi connectivity index (χ3v) is 3.29. The first-order chi connectivity index (χ1) is 8.72. The minimum atomic E-state index is 0.766. The van der Waals surface area contributed by atoms with Crippen LogP contribution >= 0.6 is 0 Å². The number of nitrogens with two attached hydrogens (primary N) is 1. The van der Waals surface area contributed by atoms with Gasteiger partial charge >= 0.3 is 0 Å². The van der Waals surface area contributed by atoms with Crippen molar-refractivity contribution in [1.29, 1.82) is 0 Å². The number of nitrogen functional groups attached to an aromatic ring is 1. The maximum absolute atomic E-state index is 5.97. The van der Waals surface area contributed by atoms with E-state index in [-0.39, 0.29) is 0 Å². The minimum Gasteiger partial charge on any atom is -0.396 e. The molecule has 1 aromatic rings. The Kier molecular flexibility index (Phi) is 6.50. The SMILES string of the molecule is CCN(CC)CCCN(CC)c1ncccc1N. The van der Waals surface area contributed by atoms with Crippen molar-refractivity contribution in [2.75, 3.05) is 43.4 Å². The van der Waals surface area contributed by atoms with Crippen LogP contribution in [-0.2, 0) is 0 Å². The van der Waals surface area contributed by atoms with Gasteiger partial charge in [0.2, 0.25) is 0 Å². The second kappa shape index (κ2) is 7.93. The molecule has 1 aromatic heterocycles. The van der Waals surface area contributed by atoms with E-state index in [0.717, 1.165) is 50.6 Å². The van der Waals surface area contributed by atoms with Crippen molar-refractivity contribution in [2.45, 2.75) is 27.2 Å². The summed E-state index contributed by atoms with van der Waals surface area (Å²) in [5, 5.41) is 0. The van der Waals surface area contributed by atoms with E-state index in [1.807, 2.05) is 12.1 Å². The Hall–Kier alpha value is -1.29. The van der Waals surface area contributed by atoms with Gasteiger partial charge in [0.05, 0.1) is 5.69 Å². The number of rotatable bonds is 8. The molecule has 1 heterocycles. The molecule has 1 rings (SSSR count). The van der Waals surface area contributed by atoms with E-state index in [0.29, 0.717) is 0 Å². The molecule has 0 radical (unpaired) electrons. The Morgan fingerprint density at radius 2 is 1.83 bits per heavy atom. The Labute approximate surface area is 111 Å². The van der Waals surface area contributed by atoms with Crippen molar-refractivity contribution in [1.82, 2.24) is 9.88 Å². The zero-order valence-corrected chi connectivity index (χ0v) is 11.9. The molecule has 2 N–H and O–H groups in total. The van der Waals surface area contributed by atoms with E-state index < -0.39 is 0 Å². The summed E-state index contributed by atoms with van der Waals surface area (Å²) in [6.45, 7) is 11.9. The molecule has 0 saturated heterocycles. The molecule has 0 aliphatic carbocycles. The fourth-order valence-corrected chi connectivity index (χ4v) is 2.11. The van der Waals surface area contributed by atoms with Gasteiger partial charge in [-0.3, -0.25) is 0 Å². The number of nitrogens with zero attached hydrogens (tertiary/aromatic N) is 3. The van der Waals surface area contributed by atoms with E-state index in [9.17, 15) is 0 Å². The number of hydrogen-bond acceptors (Lipinski definition) is 4. The molecule has 0 aliphatic rings. The maximum Gasteiger partial charge on any atom is 0.151 e. The molecule has 102 valence electrons. The predicted molar refractivity (Wildman–Crippen MR) is 78.9 cm³/mol. The van der Waals surface area contributed by atoms with Crippen LogP contribution in [0.25, 0.3) is 0 Å². The molecular weight excluding hydrogens is 224 g/mol. The van der Waals surface area contributed by atoms with Gasteiger partial charge in [-0.15, -0.1) is 0 Å². The lowest BCUT2D eigenvalue weighted by atomic mass is 10.3. The zero-order valence-electron chi connectivity index (χ0n) is 11.9. The van der Waals surface area contributed by atoms with Crippen LogP contribution in [0.15, 0.2) is 18.3 Å². The third-order valence-electron chi connectivity index (χ3n) is 3.29. The maximum atomic E-state index is 5.97. The van der Waals surface area contributed by atoms with Gasteiger partial charge < -0.3 is 15.5 Å². The second-order valence-electron chi connectivity index (χ2n) is 4.38. The average molecular weight is 250 g/mol. The van der Waals surface area contributed by atoms with Crippen LogP contribution in [0.5, 0.6) is 0 Å². The number of hydrogen-bond donors (Lipinski definition) is 1. The average Bonchev–Trinajstić information content (AvgIpc) is 2.40. The predicted octanol–water partition coefficient (Wildman–Crippen LogP) is 2.22. The first-order valence-corrected chi connectivity index (χ1v) is 6.90. The number of aromatic nitrogens is 1. The molecule has 0 aliphatic heterocycles. The Bertz CT molecular complexity index is 336. The summed E-state index contributed by atoms with van der Waals surface area (Å²) in [5.74, 6) is 0.916. The van der Waals surface area contributed by atoms with Gasteiger partial charge in [-0.05, 0) is 45.1 Å². The van der Waals surface area contributed by atoms with Crippen molar-refractivity contribution >= 4 is 11.5 Å². The van der Waals surface area contributed by atoms with Gasteiger partial charge in [0.25, 0.3) is 0 Å². The topological polar surface area (TPSA) is 45.4 Å². The third kappa shape index (κ3) is 4.18. The molecule has 0 unspecified atom stereocenters. The molecule has 4 heteroatoms. The smallest absolute Gasteiger partial charge is 0.151 e. The standard InChI is InChI=1S/C14H26N4/c1-4-17(5-2)11-8-12-18(6-3)14-13(15)9-7-10-16-14/h7,9-10H,4-6,8,11-12,15H2,1-3H3. The van der Waals surface area contributed by atoms with E-state index in [1.54, 1.807) is 6.20 Å². The lowest BCUT2D eigenvalue weighted by molar-refractivity contribution is 0.300. The zero-order chi connectivity index (χ0) is 13.4. The molecule has 4 nitrogen and oxygen atoms in total. The lowest BCUT2D eigenvalue weighted by Gasteiger charge is -2.25. The quantitative estimate of drug-likeness (QED) is 0.768. The lowest BCUT2D eigenvalue weighted by Crippen LogP contribution is -2.30. The number of anilines is 2. The highest BCUT2D eigenvalue weighted by Gasteiger charge is 2.09. The van der Waals surface area contributed by atoms with Crippen molar-refractivity contribution in [3.05, 3.63) is 18.3 Å². The summed E-state index contributed by atoms with van der Waals surface area (Å²) in [5.41, 5.74) is 6.73. The van der Waals surface area contributed by atoms with Gasteiger partial charge in [-0.25, -0.2) is 4.98 Å². The molecule has 0 aromatic carbocycles. The normalized spacial score (nSPS) is 10.9. The van der Waals surface area contributed by atoms with Crippen molar-refractivity contribution in [2.24, 2.45) is 0 Å². The van der Waals surface area contributed by atoms with Crippen molar-refractivity contribution in [3.8, 4) is 0 Å². The van der Waals surface area contributed by atoms with E-state index in [2.05, 4.69) is 35.6 Å². The van der Waals surface area contributed by atoms with Gasteiger partial charge in [0.15, 0.2) is 5.82 Å². The first-order valence-electron chi connectivity index (χ1n) is 6.90. The van der Waals surface area contributed by atoms with Gasteiger partial charge in [0, 0.05) is 19.3 Å². The molecule has 0 spiro atoms.